The highest BCUT2D eigenvalue weighted by Gasteiger charge is 2.59. The first-order valence-corrected chi connectivity index (χ1v) is 7.84. The van der Waals surface area contributed by atoms with Crippen LogP contribution in [0.4, 0.5) is 5.69 Å². The molecular formula is C14H17N3O3S2. The highest BCUT2D eigenvalue weighted by atomic mass is 32.2. The molecule has 1 aromatic rings. The van der Waals surface area contributed by atoms with Gasteiger partial charge in [-0.15, -0.1) is 0 Å². The molecule has 1 atom stereocenters. The number of hydroxylamine groups is 1. The lowest BCUT2D eigenvalue weighted by molar-refractivity contribution is -0.522. The fourth-order valence-corrected chi connectivity index (χ4v) is 4.11. The molecule has 0 radical (unpaired) electrons. The number of thioether (sulfide) groups is 1. The molecule has 22 heavy (non-hydrogen) atoms. The zero-order chi connectivity index (χ0) is 16.7. The molecule has 1 unspecified atom stereocenters. The van der Waals surface area contributed by atoms with Crippen LogP contribution in [-0.2, 0) is 0 Å². The smallest absolute Gasteiger partial charge is 0.269 e. The van der Waals surface area contributed by atoms with E-state index in [9.17, 15) is 15.3 Å². The summed E-state index contributed by atoms with van der Waals surface area (Å²) in [6.45, 7) is 5.78. The van der Waals surface area contributed by atoms with Gasteiger partial charge in [0.2, 0.25) is 4.87 Å². The van der Waals surface area contributed by atoms with E-state index >= 15 is 0 Å². The van der Waals surface area contributed by atoms with Crippen LogP contribution in [0.5, 0.6) is 0 Å². The van der Waals surface area contributed by atoms with E-state index in [1.807, 2.05) is 32.7 Å². The molecule has 0 saturated carbocycles. The monoisotopic (exact) mass is 339 g/mol. The van der Waals surface area contributed by atoms with Gasteiger partial charge in [0.15, 0.2) is 6.21 Å². The van der Waals surface area contributed by atoms with Crippen LogP contribution >= 0.6 is 24.0 Å². The van der Waals surface area contributed by atoms with E-state index in [2.05, 4.69) is 0 Å². The third-order valence-electron chi connectivity index (χ3n) is 4.32. The van der Waals surface area contributed by atoms with Crippen molar-refractivity contribution in [3.63, 3.8) is 0 Å². The van der Waals surface area contributed by atoms with Gasteiger partial charge in [-0.2, -0.15) is 4.74 Å². The lowest BCUT2D eigenvalue weighted by Crippen LogP contribution is -2.55. The summed E-state index contributed by atoms with van der Waals surface area (Å²) in [7, 11) is 1.88. The van der Waals surface area contributed by atoms with Crippen molar-refractivity contribution in [1.29, 1.82) is 0 Å². The Bertz CT molecular complexity index is 658. The molecule has 0 spiro atoms. The summed E-state index contributed by atoms with van der Waals surface area (Å²) in [5, 5.41) is 23.3. The number of hydrogen-bond acceptors (Lipinski definition) is 5. The molecule has 8 heteroatoms. The van der Waals surface area contributed by atoms with Gasteiger partial charge in [-0.1, -0.05) is 12.2 Å². The molecule has 1 aromatic carbocycles. The molecule has 1 aliphatic heterocycles. The summed E-state index contributed by atoms with van der Waals surface area (Å²) in [6, 6.07) is 5.87. The number of benzene rings is 1. The topological polar surface area (TPSA) is 72.5 Å². The van der Waals surface area contributed by atoms with Crippen LogP contribution in [0.1, 0.15) is 26.3 Å². The van der Waals surface area contributed by atoms with E-state index in [4.69, 9.17) is 12.2 Å². The van der Waals surface area contributed by atoms with Crippen LogP contribution in [0, 0.1) is 15.3 Å². The molecule has 0 bridgehead atoms. The van der Waals surface area contributed by atoms with Crippen LogP contribution < -0.4 is 0 Å². The summed E-state index contributed by atoms with van der Waals surface area (Å²) in [4.78, 5) is 11.3. The van der Waals surface area contributed by atoms with Crippen molar-refractivity contribution in [2.24, 2.45) is 0 Å². The Morgan fingerprint density at radius 2 is 1.77 bits per heavy atom. The van der Waals surface area contributed by atoms with Crippen molar-refractivity contribution >= 4 is 40.2 Å². The summed E-state index contributed by atoms with van der Waals surface area (Å²) in [6.07, 6.45) is 1.44. The minimum absolute atomic E-state index is 0.00251. The molecule has 0 N–H and O–H groups in total. The maximum Gasteiger partial charge on any atom is 0.269 e. The predicted molar refractivity (Wildman–Crippen MR) is 92.3 cm³/mol. The van der Waals surface area contributed by atoms with Crippen LogP contribution in [0.3, 0.4) is 0 Å². The van der Waals surface area contributed by atoms with E-state index in [1.165, 1.54) is 30.1 Å². The van der Waals surface area contributed by atoms with Gasteiger partial charge in [0, 0.05) is 31.7 Å². The molecule has 1 aliphatic rings. The average molecular weight is 339 g/mol. The van der Waals surface area contributed by atoms with Crippen molar-refractivity contribution in [2.75, 3.05) is 7.05 Å². The van der Waals surface area contributed by atoms with Gasteiger partial charge < -0.3 is 10.1 Å². The quantitative estimate of drug-likeness (QED) is 0.210. The van der Waals surface area contributed by atoms with Crippen molar-refractivity contribution in [1.82, 2.24) is 4.90 Å². The molecule has 2 rings (SSSR count). The fourth-order valence-electron chi connectivity index (χ4n) is 2.16. The minimum atomic E-state index is -0.777. The van der Waals surface area contributed by atoms with E-state index < -0.39 is 15.3 Å². The zero-order valence-electron chi connectivity index (χ0n) is 12.8. The Kier molecular flexibility index (Phi) is 4.18. The lowest BCUT2D eigenvalue weighted by Gasteiger charge is -2.37. The predicted octanol–water partition coefficient (Wildman–Crippen LogP) is 2.98. The van der Waals surface area contributed by atoms with E-state index in [1.54, 1.807) is 12.1 Å². The number of thiocarbonyl (C=S) groups is 1. The zero-order valence-corrected chi connectivity index (χ0v) is 14.4. The van der Waals surface area contributed by atoms with Gasteiger partial charge in [-0.05, 0) is 37.7 Å². The number of nitrogens with zero attached hydrogens (tertiary/aromatic N) is 3. The Morgan fingerprint density at radius 3 is 2.18 bits per heavy atom. The second-order valence-corrected chi connectivity index (χ2v) is 7.80. The molecule has 0 aromatic heterocycles. The average Bonchev–Trinajstić information content (AvgIpc) is 2.60. The van der Waals surface area contributed by atoms with Crippen molar-refractivity contribution in [3.05, 3.63) is 45.2 Å². The van der Waals surface area contributed by atoms with E-state index in [0.29, 0.717) is 9.88 Å². The number of nitro benzene ring substituents is 1. The Morgan fingerprint density at radius 1 is 1.23 bits per heavy atom. The van der Waals surface area contributed by atoms with Gasteiger partial charge in [0.1, 0.15) is 9.86 Å². The number of likely N-dealkylation sites (N-methyl/N-ethyl adjacent to an activating group) is 1. The fraction of sp³-hybridized carbons (Fsp3) is 0.429. The molecule has 0 amide bonds. The number of nitro groups is 1. The number of non-ortho nitro benzene ring substituents is 1. The Labute approximate surface area is 138 Å². The summed E-state index contributed by atoms with van der Waals surface area (Å²) >= 11 is 6.65. The van der Waals surface area contributed by atoms with Crippen LogP contribution in [0.15, 0.2) is 24.3 Å². The van der Waals surface area contributed by atoms with Crippen LogP contribution in [-0.4, -0.2) is 42.6 Å². The van der Waals surface area contributed by atoms with Gasteiger partial charge in [0.25, 0.3) is 5.69 Å². The van der Waals surface area contributed by atoms with Crippen molar-refractivity contribution in [2.45, 2.75) is 31.2 Å². The summed E-state index contributed by atoms with van der Waals surface area (Å²) < 4.78 is 1.56. The molecule has 0 aliphatic carbocycles. The third-order valence-corrected chi connectivity index (χ3v) is 6.37. The van der Waals surface area contributed by atoms with Gasteiger partial charge in [-0.3, -0.25) is 10.1 Å². The Balaban J connectivity index is 2.36. The number of rotatable bonds is 3. The third kappa shape index (κ3) is 2.56. The highest BCUT2D eigenvalue weighted by molar-refractivity contribution is 8.24. The Hall–Kier alpha value is -1.67. The molecule has 1 heterocycles. The molecule has 118 valence electrons. The van der Waals surface area contributed by atoms with Crippen molar-refractivity contribution < 1.29 is 9.66 Å². The standard InChI is InChI=1S/C14H17N3O3S2/c1-13(2)14(3,22-12(21)15(13)4)16(18)9-10-5-7-11(8-6-10)17(19)20/h5-9H,1-4H3/b16-9-. The molecular weight excluding hydrogens is 322 g/mol. The largest absolute Gasteiger partial charge is 0.623 e. The normalized spacial score (nSPS) is 24.6. The number of hydrogen-bond donors (Lipinski definition) is 0. The van der Waals surface area contributed by atoms with Crippen LogP contribution in [0.25, 0.3) is 0 Å². The first-order valence-electron chi connectivity index (χ1n) is 6.62. The van der Waals surface area contributed by atoms with E-state index in [-0.39, 0.29) is 5.69 Å². The highest BCUT2D eigenvalue weighted by Crippen LogP contribution is 2.48. The molecule has 6 nitrogen and oxygen atoms in total. The van der Waals surface area contributed by atoms with Crippen LogP contribution in [0.2, 0.25) is 0 Å². The minimum Gasteiger partial charge on any atom is -0.623 e. The summed E-state index contributed by atoms with van der Waals surface area (Å²) in [5.74, 6) is 0. The second kappa shape index (κ2) is 5.51. The molecule has 1 saturated heterocycles. The maximum atomic E-state index is 12.7. The SMILES string of the molecule is CN1C(=S)SC(C)(/[N+]([O-])=C/c2ccc([N+](=O)[O-])cc2)C1(C)C. The van der Waals surface area contributed by atoms with Gasteiger partial charge >= 0.3 is 0 Å². The summed E-state index contributed by atoms with van der Waals surface area (Å²) in [5.41, 5.74) is 0.157. The maximum absolute atomic E-state index is 12.7. The van der Waals surface area contributed by atoms with E-state index in [0.717, 1.165) is 4.74 Å². The van der Waals surface area contributed by atoms with Gasteiger partial charge in [0.05, 0.1) is 4.92 Å². The second-order valence-electron chi connectivity index (χ2n) is 5.77. The van der Waals surface area contributed by atoms with Crippen molar-refractivity contribution in [3.8, 4) is 0 Å². The first-order chi connectivity index (χ1) is 10.1. The van der Waals surface area contributed by atoms with Gasteiger partial charge in [-0.25, -0.2) is 0 Å². The first kappa shape index (κ1) is 16.7. The lowest BCUT2D eigenvalue weighted by atomic mass is 9.94. The molecule has 1 fully saturated rings.